The molecule has 6 heteroatoms. The summed E-state index contributed by atoms with van der Waals surface area (Å²) >= 11 is 0. The Balaban J connectivity index is 1.61. The molecule has 24 heavy (non-hydrogen) atoms. The summed E-state index contributed by atoms with van der Waals surface area (Å²) < 4.78 is 0. The van der Waals surface area contributed by atoms with Gasteiger partial charge in [0.15, 0.2) is 0 Å². The van der Waals surface area contributed by atoms with Crippen LogP contribution in [0.15, 0.2) is 24.3 Å². The summed E-state index contributed by atoms with van der Waals surface area (Å²) in [7, 11) is 0. The molecule has 1 amide bonds. The minimum Gasteiger partial charge on any atom is -0.366 e. The quantitative estimate of drug-likeness (QED) is 0.365. The van der Waals surface area contributed by atoms with Crippen LogP contribution in [-0.2, 0) is 0 Å². The van der Waals surface area contributed by atoms with Crippen LogP contribution < -0.4 is 11.2 Å². The van der Waals surface area contributed by atoms with E-state index >= 15 is 0 Å². The lowest BCUT2D eigenvalue weighted by molar-refractivity contribution is 0.1000. The molecule has 0 aromatic heterocycles. The van der Waals surface area contributed by atoms with E-state index in [1.54, 1.807) is 6.07 Å². The molecule has 0 saturated carbocycles. The van der Waals surface area contributed by atoms with Crippen molar-refractivity contribution in [3.05, 3.63) is 35.4 Å². The second kappa shape index (κ2) is 7.32. The van der Waals surface area contributed by atoms with Crippen LogP contribution in [0.2, 0.25) is 0 Å². The second-order valence-corrected chi connectivity index (χ2v) is 6.97. The fourth-order valence-corrected chi connectivity index (χ4v) is 4.35. The van der Waals surface area contributed by atoms with Crippen LogP contribution in [0, 0.1) is 5.41 Å². The number of amidine groups is 1. The zero-order valence-electron chi connectivity index (χ0n) is 13.9. The molecule has 1 aromatic carbocycles. The highest BCUT2D eigenvalue weighted by molar-refractivity contribution is 5.92. The highest BCUT2D eigenvalue weighted by Gasteiger charge is 2.40. The lowest BCUT2D eigenvalue weighted by Crippen LogP contribution is -2.43. The molecule has 2 atom stereocenters. The van der Waals surface area contributed by atoms with Gasteiger partial charge in [0.2, 0.25) is 5.91 Å². The molecule has 2 aliphatic rings. The number of fused-ring (bicyclic) bond motifs is 2. The molecule has 6 nitrogen and oxygen atoms in total. The van der Waals surface area contributed by atoms with Crippen LogP contribution in [0.5, 0.6) is 0 Å². The third-order valence-electron chi connectivity index (χ3n) is 5.50. The van der Waals surface area contributed by atoms with Gasteiger partial charge >= 0.3 is 0 Å². The van der Waals surface area contributed by atoms with Crippen molar-refractivity contribution in [1.82, 2.24) is 10.4 Å². The number of hydrogen-bond acceptors (Lipinski definition) is 4. The number of hydrogen-bond donors (Lipinski definition) is 4. The van der Waals surface area contributed by atoms with Gasteiger partial charge in [-0.3, -0.25) is 25.8 Å². The van der Waals surface area contributed by atoms with Gasteiger partial charge in [0, 0.05) is 24.1 Å². The summed E-state index contributed by atoms with van der Waals surface area (Å²) in [5.41, 5.74) is 9.14. The first-order valence-electron chi connectivity index (χ1n) is 8.71. The van der Waals surface area contributed by atoms with Crippen LogP contribution in [-0.4, -0.2) is 40.5 Å². The maximum absolute atomic E-state index is 11.4. The van der Waals surface area contributed by atoms with Crippen LogP contribution >= 0.6 is 0 Å². The summed E-state index contributed by atoms with van der Waals surface area (Å²) in [6.45, 7) is 0.980. The average molecular weight is 330 g/mol. The Morgan fingerprint density at radius 1 is 1.33 bits per heavy atom. The number of piperidine rings is 1. The van der Waals surface area contributed by atoms with Crippen molar-refractivity contribution in [3.8, 4) is 0 Å². The third-order valence-corrected chi connectivity index (χ3v) is 5.50. The van der Waals surface area contributed by atoms with Gasteiger partial charge in [-0.25, -0.2) is 0 Å². The number of hydroxylamine groups is 1. The standard InChI is InChI=1S/C18H26N4O2/c19-17(21-24)5-2-8-22-15-6-7-16(22)11-14(10-15)12-3-1-4-13(9-12)18(20)23/h1,3-4,9,14-16,24H,2,5-8,10-11H2,(H2,19,21)(H2,20,23). The molecule has 3 rings (SSSR count). The topological polar surface area (TPSA) is 102 Å². The zero-order chi connectivity index (χ0) is 17.1. The smallest absolute Gasteiger partial charge is 0.248 e. The van der Waals surface area contributed by atoms with E-state index in [9.17, 15) is 4.79 Å². The molecule has 2 fully saturated rings. The maximum Gasteiger partial charge on any atom is 0.248 e. The molecular formula is C18H26N4O2. The Hall–Kier alpha value is -1.92. The molecular weight excluding hydrogens is 304 g/mol. The minimum atomic E-state index is -0.364. The van der Waals surface area contributed by atoms with Crippen LogP contribution in [0.25, 0.3) is 0 Å². The Morgan fingerprint density at radius 3 is 2.67 bits per heavy atom. The highest BCUT2D eigenvalue weighted by atomic mass is 16.5. The molecule has 130 valence electrons. The first-order valence-corrected chi connectivity index (χ1v) is 8.71. The van der Waals surface area contributed by atoms with Crippen molar-refractivity contribution in [2.75, 3.05) is 6.54 Å². The van der Waals surface area contributed by atoms with Gasteiger partial charge in [-0.2, -0.15) is 0 Å². The second-order valence-electron chi connectivity index (χ2n) is 6.97. The lowest BCUT2D eigenvalue weighted by Gasteiger charge is -2.39. The monoisotopic (exact) mass is 330 g/mol. The zero-order valence-corrected chi connectivity index (χ0v) is 13.9. The Kier molecular flexibility index (Phi) is 5.16. The van der Waals surface area contributed by atoms with Crippen LogP contribution in [0.3, 0.4) is 0 Å². The van der Waals surface area contributed by atoms with E-state index in [1.807, 2.05) is 17.6 Å². The molecule has 0 spiro atoms. The first kappa shape index (κ1) is 16.9. The van der Waals surface area contributed by atoms with Gasteiger partial charge < -0.3 is 5.73 Å². The van der Waals surface area contributed by atoms with Gasteiger partial charge in [0.25, 0.3) is 0 Å². The van der Waals surface area contributed by atoms with E-state index in [1.165, 1.54) is 18.4 Å². The van der Waals surface area contributed by atoms with Crippen molar-refractivity contribution in [2.24, 2.45) is 5.73 Å². The summed E-state index contributed by atoms with van der Waals surface area (Å²) in [4.78, 5) is 14.0. The normalized spacial score (nSPS) is 26.3. The molecule has 5 N–H and O–H groups in total. The largest absolute Gasteiger partial charge is 0.366 e. The molecule has 1 aromatic rings. The molecule has 2 unspecified atom stereocenters. The number of benzene rings is 1. The molecule has 2 saturated heterocycles. The third kappa shape index (κ3) is 3.60. The van der Waals surface area contributed by atoms with Crippen molar-refractivity contribution >= 4 is 11.7 Å². The van der Waals surface area contributed by atoms with Crippen molar-refractivity contribution in [2.45, 2.75) is 56.5 Å². The number of carbonyl (C=O) groups excluding carboxylic acids is 1. The van der Waals surface area contributed by atoms with Crippen molar-refractivity contribution < 1.29 is 10.0 Å². The van der Waals surface area contributed by atoms with Gasteiger partial charge in [0.1, 0.15) is 5.84 Å². The van der Waals surface area contributed by atoms with Crippen molar-refractivity contribution in [3.63, 3.8) is 0 Å². The van der Waals surface area contributed by atoms with Gasteiger partial charge in [-0.15, -0.1) is 0 Å². The number of nitrogens with one attached hydrogen (secondary N) is 2. The van der Waals surface area contributed by atoms with Crippen LogP contribution in [0.1, 0.15) is 60.4 Å². The number of primary amides is 1. The van der Waals surface area contributed by atoms with Gasteiger partial charge in [0.05, 0.1) is 0 Å². The summed E-state index contributed by atoms with van der Waals surface area (Å²) in [6, 6.07) is 8.94. The number of nitrogens with zero attached hydrogens (tertiary/aromatic N) is 1. The van der Waals surface area contributed by atoms with E-state index in [4.69, 9.17) is 16.4 Å². The Morgan fingerprint density at radius 2 is 2.04 bits per heavy atom. The molecule has 0 aliphatic carbocycles. The predicted molar refractivity (Wildman–Crippen MR) is 92.3 cm³/mol. The van der Waals surface area contributed by atoms with E-state index in [0.717, 1.165) is 25.8 Å². The van der Waals surface area contributed by atoms with E-state index in [-0.39, 0.29) is 11.7 Å². The molecule has 0 radical (unpaired) electrons. The summed E-state index contributed by atoms with van der Waals surface area (Å²) in [6.07, 6.45) is 6.17. The SMILES string of the molecule is N=C(CCCN1C2CCC1CC(c1cccc(C(N)=O)c1)C2)NO. The Labute approximate surface area is 142 Å². The number of carbonyl (C=O) groups is 1. The van der Waals surface area contributed by atoms with Crippen molar-refractivity contribution in [1.29, 1.82) is 5.41 Å². The van der Waals surface area contributed by atoms with E-state index in [0.29, 0.717) is 30.0 Å². The molecule has 2 aliphatic heterocycles. The summed E-state index contributed by atoms with van der Waals surface area (Å²) in [5.74, 6) is 0.313. The fourth-order valence-electron chi connectivity index (χ4n) is 4.35. The van der Waals surface area contributed by atoms with Gasteiger partial charge in [-0.05, 0) is 62.3 Å². The average Bonchev–Trinajstić information content (AvgIpc) is 2.82. The first-order chi connectivity index (χ1) is 11.6. The fraction of sp³-hybridized carbons (Fsp3) is 0.556. The minimum absolute atomic E-state index is 0.181. The highest BCUT2D eigenvalue weighted by Crippen LogP contribution is 2.43. The van der Waals surface area contributed by atoms with E-state index in [2.05, 4.69) is 11.0 Å². The summed E-state index contributed by atoms with van der Waals surface area (Å²) in [5, 5.41) is 16.1. The van der Waals surface area contributed by atoms with E-state index < -0.39 is 0 Å². The lowest BCUT2D eigenvalue weighted by atomic mass is 9.84. The number of nitrogens with two attached hydrogens (primary N) is 1. The van der Waals surface area contributed by atoms with Crippen LogP contribution in [0.4, 0.5) is 0 Å². The Bertz CT molecular complexity index is 605. The molecule has 2 heterocycles. The number of amides is 1. The number of rotatable bonds is 6. The maximum atomic E-state index is 11.4. The van der Waals surface area contributed by atoms with Gasteiger partial charge in [-0.1, -0.05) is 12.1 Å². The molecule has 2 bridgehead atoms. The predicted octanol–water partition coefficient (Wildman–Crippen LogP) is 2.23.